The fraction of sp³-hybridized carbons (Fsp3) is 0.0833. The van der Waals surface area contributed by atoms with Crippen molar-refractivity contribution in [3.8, 4) is 11.3 Å². The maximum atomic E-state index is 11.3. The lowest BCUT2D eigenvalue weighted by Gasteiger charge is -2.05. The van der Waals surface area contributed by atoms with Crippen LogP contribution in [0.15, 0.2) is 35.1 Å². The van der Waals surface area contributed by atoms with Crippen LogP contribution in [0.25, 0.3) is 11.3 Å². The molecule has 106 valence electrons. The molecule has 0 amide bonds. The van der Waals surface area contributed by atoms with Gasteiger partial charge in [0.25, 0.3) is 0 Å². The number of carbonyl (C=O) groups is 1. The molecule has 8 nitrogen and oxygen atoms in total. The van der Waals surface area contributed by atoms with Crippen LogP contribution in [0.3, 0.4) is 0 Å². The molecule has 21 heavy (non-hydrogen) atoms. The average molecular weight is 306 g/mol. The van der Waals surface area contributed by atoms with Crippen LogP contribution >= 0.6 is 11.6 Å². The van der Waals surface area contributed by atoms with E-state index < -0.39 is 5.97 Å². The summed E-state index contributed by atoms with van der Waals surface area (Å²) in [6, 6.07) is 6.70. The Hall–Kier alpha value is -2.74. The van der Waals surface area contributed by atoms with Crippen molar-refractivity contribution in [1.82, 2.24) is 25.1 Å². The largest absolute Gasteiger partial charge is 0.476 e. The summed E-state index contributed by atoms with van der Waals surface area (Å²) in [4.78, 5) is 15.2. The molecule has 0 radical (unpaired) electrons. The number of rotatable bonds is 4. The van der Waals surface area contributed by atoms with Crippen molar-refractivity contribution in [1.29, 1.82) is 0 Å². The standard InChI is InChI=1S/C12H8ClN5O3/c13-8-3-1-7(2-4-8)11-10(12(19)20)16-17-18(11)5-9-14-6-15-21-9/h1-4,6H,5H2,(H,19,20). The Morgan fingerprint density at radius 1 is 1.33 bits per heavy atom. The number of benzene rings is 1. The maximum Gasteiger partial charge on any atom is 0.358 e. The second-order valence-electron chi connectivity index (χ2n) is 4.09. The van der Waals surface area contributed by atoms with Crippen LogP contribution in [0, 0.1) is 0 Å². The summed E-state index contributed by atoms with van der Waals surface area (Å²) in [5, 5.41) is 20.8. The minimum absolute atomic E-state index is 0.123. The second kappa shape index (κ2) is 5.33. The minimum Gasteiger partial charge on any atom is -0.476 e. The molecule has 9 heteroatoms. The molecule has 3 rings (SSSR count). The van der Waals surface area contributed by atoms with Crippen LogP contribution in [0.1, 0.15) is 16.4 Å². The highest BCUT2D eigenvalue weighted by atomic mass is 35.5. The van der Waals surface area contributed by atoms with E-state index in [2.05, 4.69) is 20.5 Å². The van der Waals surface area contributed by atoms with Crippen LogP contribution < -0.4 is 0 Å². The Morgan fingerprint density at radius 2 is 2.10 bits per heavy atom. The number of carboxylic acid groups (broad SMARTS) is 1. The van der Waals surface area contributed by atoms with Crippen molar-refractivity contribution in [3.63, 3.8) is 0 Å². The van der Waals surface area contributed by atoms with Gasteiger partial charge in [0.1, 0.15) is 12.2 Å². The summed E-state index contributed by atoms with van der Waals surface area (Å²) in [6.07, 6.45) is 1.26. The zero-order chi connectivity index (χ0) is 14.8. The molecule has 2 aromatic heterocycles. The van der Waals surface area contributed by atoms with Crippen molar-refractivity contribution in [2.75, 3.05) is 0 Å². The molecule has 1 aromatic carbocycles. The summed E-state index contributed by atoms with van der Waals surface area (Å²) >= 11 is 5.84. The molecule has 0 unspecified atom stereocenters. The number of aromatic nitrogens is 5. The van der Waals surface area contributed by atoms with E-state index in [1.807, 2.05) is 0 Å². The number of hydrogen-bond donors (Lipinski definition) is 1. The summed E-state index contributed by atoms with van der Waals surface area (Å²) in [5.41, 5.74) is 0.815. The Bertz CT molecular complexity index is 767. The van der Waals surface area contributed by atoms with Gasteiger partial charge in [-0.1, -0.05) is 34.1 Å². The molecule has 0 saturated carbocycles. The third kappa shape index (κ3) is 2.61. The van der Waals surface area contributed by atoms with Gasteiger partial charge in [-0.15, -0.1) is 5.10 Å². The molecule has 0 aliphatic heterocycles. The summed E-state index contributed by atoms with van der Waals surface area (Å²) < 4.78 is 6.29. The highest BCUT2D eigenvalue weighted by Gasteiger charge is 2.21. The topological polar surface area (TPSA) is 107 Å². The number of hydrogen-bond acceptors (Lipinski definition) is 6. The van der Waals surface area contributed by atoms with Gasteiger partial charge in [-0.3, -0.25) is 0 Å². The van der Waals surface area contributed by atoms with Gasteiger partial charge < -0.3 is 9.63 Å². The first-order valence-corrected chi connectivity index (χ1v) is 6.21. The predicted molar refractivity (Wildman–Crippen MR) is 70.8 cm³/mol. The molecule has 1 N–H and O–H groups in total. The first kappa shape index (κ1) is 13.3. The van der Waals surface area contributed by atoms with Gasteiger partial charge in [0.15, 0.2) is 12.0 Å². The monoisotopic (exact) mass is 305 g/mol. The van der Waals surface area contributed by atoms with Gasteiger partial charge in [-0.2, -0.15) is 4.98 Å². The van der Waals surface area contributed by atoms with Crippen LogP contribution in [0.5, 0.6) is 0 Å². The summed E-state index contributed by atoms with van der Waals surface area (Å²) in [5.74, 6) is -0.871. The molecule has 0 aliphatic rings. The normalized spacial score (nSPS) is 10.7. The molecule has 0 fully saturated rings. The first-order valence-electron chi connectivity index (χ1n) is 5.83. The van der Waals surface area contributed by atoms with Crippen LogP contribution in [-0.2, 0) is 6.54 Å². The van der Waals surface area contributed by atoms with E-state index in [4.69, 9.17) is 16.1 Å². The fourth-order valence-corrected chi connectivity index (χ4v) is 1.98. The Morgan fingerprint density at radius 3 is 2.71 bits per heavy atom. The summed E-state index contributed by atoms with van der Waals surface area (Å²) in [7, 11) is 0. The van der Waals surface area contributed by atoms with Gasteiger partial charge in [0, 0.05) is 10.6 Å². The zero-order valence-electron chi connectivity index (χ0n) is 10.5. The zero-order valence-corrected chi connectivity index (χ0v) is 11.2. The molecular formula is C12H8ClN5O3. The predicted octanol–water partition coefficient (Wildman–Crippen LogP) is 1.73. The van der Waals surface area contributed by atoms with E-state index in [0.717, 1.165) is 0 Å². The highest BCUT2D eigenvalue weighted by molar-refractivity contribution is 6.30. The van der Waals surface area contributed by atoms with Gasteiger partial charge >= 0.3 is 5.97 Å². The van der Waals surface area contributed by atoms with E-state index >= 15 is 0 Å². The molecule has 0 saturated heterocycles. The summed E-state index contributed by atoms with van der Waals surface area (Å²) in [6.45, 7) is 0.123. The Labute approximate surface area is 123 Å². The maximum absolute atomic E-state index is 11.3. The number of nitrogens with zero attached hydrogens (tertiary/aromatic N) is 5. The van der Waals surface area contributed by atoms with Gasteiger partial charge in [-0.25, -0.2) is 9.48 Å². The number of carboxylic acids is 1. The van der Waals surface area contributed by atoms with Crippen molar-refractivity contribution in [3.05, 3.63) is 47.2 Å². The van der Waals surface area contributed by atoms with Crippen molar-refractivity contribution < 1.29 is 14.4 Å². The van der Waals surface area contributed by atoms with Gasteiger partial charge in [0.05, 0.1) is 0 Å². The SMILES string of the molecule is O=C(O)c1nnn(Cc2ncno2)c1-c1ccc(Cl)cc1. The number of halogens is 1. The Balaban J connectivity index is 2.08. The lowest BCUT2D eigenvalue weighted by atomic mass is 10.1. The van der Waals surface area contributed by atoms with E-state index in [1.54, 1.807) is 24.3 Å². The molecule has 0 bridgehead atoms. The smallest absolute Gasteiger partial charge is 0.358 e. The molecular weight excluding hydrogens is 298 g/mol. The molecule has 0 spiro atoms. The van der Waals surface area contributed by atoms with E-state index in [0.29, 0.717) is 22.2 Å². The highest BCUT2D eigenvalue weighted by Crippen LogP contribution is 2.24. The van der Waals surface area contributed by atoms with Crippen molar-refractivity contribution in [2.24, 2.45) is 0 Å². The molecule has 2 heterocycles. The number of aromatic carboxylic acids is 1. The molecule has 3 aromatic rings. The second-order valence-corrected chi connectivity index (χ2v) is 4.53. The van der Waals surface area contributed by atoms with E-state index in [-0.39, 0.29) is 12.2 Å². The Kier molecular flexibility index (Phi) is 3.36. The minimum atomic E-state index is -1.17. The fourth-order valence-electron chi connectivity index (χ4n) is 1.86. The van der Waals surface area contributed by atoms with Crippen molar-refractivity contribution in [2.45, 2.75) is 6.54 Å². The first-order chi connectivity index (χ1) is 10.1. The lowest BCUT2D eigenvalue weighted by molar-refractivity contribution is 0.0691. The van der Waals surface area contributed by atoms with Gasteiger partial charge in [-0.05, 0) is 12.1 Å². The van der Waals surface area contributed by atoms with Gasteiger partial charge in [0.2, 0.25) is 5.89 Å². The van der Waals surface area contributed by atoms with Crippen LogP contribution in [-0.4, -0.2) is 36.2 Å². The van der Waals surface area contributed by atoms with Crippen LogP contribution in [0.2, 0.25) is 5.02 Å². The molecule has 0 atom stereocenters. The lowest BCUT2D eigenvalue weighted by Crippen LogP contribution is -2.06. The molecule has 0 aliphatic carbocycles. The third-order valence-corrected chi connectivity index (χ3v) is 3.00. The quantitative estimate of drug-likeness (QED) is 0.782. The van der Waals surface area contributed by atoms with Crippen LogP contribution in [0.4, 0.5) is 0 Å². The van der Waals surface area contributed by atoms with E-state index in [1.165, 1.54) is 11.0 Å². The van der Waals surface area contributed by atoms with E-state index in [9.17, 15) is 9.90 Å². The van der Waals surface area contributed by atoms with Crippen molar-refractivity contribution >= 4 is 17.6 Å². The third-order valence-electron chi connectivity index (χ3n) is 2.75. The average Bonchev–Trinajstić information content (AvgIpc) is 3.10.